The van der Waals surface area contributed by atoms with Crippen molar-refractivity contribution in [2.45, 2.75) is 20.3 Å². The summed E-state index contributed by atoms with van der Waals surface area (Å²) in [7, 11) is 0. The molecule has 0 aromatic carbocycles. The van der Waals surface area contributed by atoms with Crippen molar-refractivity contribution in [1.82, 2.24) is 4.98 Å². The Bertz CT molecular complexity index is 326. The summed E-state index contributed by atoms with van der Waals surface area (Å²) in [6.45, 7) is 4.03. The van der Waals surface area contributed by atoms with E-state index in [9.17, 15) is 0 Å². The van der Waals surface area contributed by atoms with E-state index >= 15 is 0 Å². The second-order valence-corrected chi connectivity index (χ2v) is 2.96. The smallest absolute Gasteiger partial charge is 0.155 e. The molecule has 1 aromatic heterocycles. The second kappa shape index (κ2) is 2.16. The Labute approximate surface area is 66.0 Å². The van der Waals surface area contributed by atoms with Crippen molar-refractivity contribution in [3.05, 3.63) is 23.4 Å². The molecule has 1 aliphatic heterocycles. The molecule has 0 bridgehead atoms. The van der Waals surface area contributed by atoms with Crippen LogP contribution in [0.1, 0.15) is 18.2 Å². The normalized spacial score (nSPS) is 14.5. The number of aliphatic imine (C=N–C) groups is 1. The molecule has 56 valence electrons. The average molecular weight is 146 g/mol. The van der Waals surface area contributed by atoms with Gasteiger partial charge in [-0.1, -0.05) is 6.07 Å². The fraction of sp³-hybridized carbons (Fsp3) is 0.333. The summed E-state index contributed by atoms with van der Waals surface area (Å²) >= 11 is 0. The number of hydrogen-bond donors (Lipinski definition) is 0. The van der Waals surface area contributed by atoms with Crippen LogP contribution in [0.4, 0.5) is 5.82 Å². The summed E-state index contributed by atoms with van der Waals surface area (Å²) in [6, 6.07) is 4.14. The number of aromatic nitrogens is 1. The second-order valence-electron chi connectivity index (χ2n) is 2.96. The highest BCUT2D eigenvalue weighted by Gasteiger charge is 2.11. The summed E-state index contributed by atoms with van der Waals surface area (Å²) in [5.41, 5.74) is 3.47. The number of hydrogen-bond acceptors (Lipinski definition) is 2. The predicted molar refractivity (Wildman–Crippen MR) is 45.4 cm³/mol. The van der Waals surface area contributed by atoms with E-state index < -0.39 is 0 Å². The van der Waals surface area contributed by atoms with Crippen LogP contribution in [-0.4, -0.2) is 10.7 Å². The summed E-state index contributed by atoms with van der Waals surface area (Å²) < 4.78 is 0. The topological polar surface area (TPSA) is 25.2 Å². The zero-order chi connectivity index (χ0) is 7.84. The van der Waals surface area contributed by atoms with Crippen molar-refractivity contribution in [2.24, 2.45) is 4.99 Å². The Balaban J connectivity index is 2.54. The first-order chi connectivity index (χ1) is 5.25. The van der Waals surface area contributed by atoms with Crippen LogP contribution in [0.2, 0.25) is 0 Å². The Morgan fingerprint density at radius 2 is 2.09 bits per heavy atom. The van der Waals surface area contributed by atoms with E-state index in [4.69, 9.17) is 0 Å². The molecule has 1 aromatic rings. The van der Waals surface area contributed by atoms with Gasteiger partial charge in [-0.05, 0) is 19.9 Å². The number of nitrogens with zero attached hydrogens (tertiary/aromatic N) is 2. The van der Waals surface area contributed by atoms with Crippen LogP contribution in [-0.2, 0) is 6.42 Å². The number of pyridine rings is 1. The van der Waals surface area contributed by atoms with Crippen molar-refractivity contribution >= 4 is 11.5 Å². The fourth-order valence-electron chi connectivity index (χ4n) is 1.30. The lowest BCUT2D eigenvalue weighted by Gasteiger charge is -1.95. The molecule has 0 saturated heterocycles. The zero-order valence-corrected chi connectivity index (χ0v) is 6.76. The summed E-state index contributed by atoms with van der Waals surface area (Å²) in [5, 5.41) is 0. The van der Waals surface area contributed by atoms with Crippen molar-refractivity contribution < 1.29 is 0 Å². The molecule has 0 fully saturated rings. The van der Waals surface area contributed by atoms with Crippen LogP contribution in [0.3, 0.4) is 0 Å². The minimum atomic E-state index is 0.919. The van der Waals surface area contributed by atoms with Gasteiger partial charge in [0.2, 0.25) is 0 Å². The molecule has 0 spiro atoms. The lowest BCUT2D eigenvalue weighted by molar-refractivity contribution is 1.16. The third kappa shape index (κ3) is 1.04. The van der Waals surface area contributed by atoms with Crippen LogP contribution in [0.15, 0.2) is 17.1 Å². The molecule has 0 amide bonds. The Hall–Kier alpha value is -1.18. The molecule has 2 heteroatoms. The third-order valence-corrected chi connectivity index (χ3v) is 1.84. The van der Waals surface area contributed by atoms with Crippen LogP contribution < -0.4 is 0 Å². The number of rotatable bonds is 0. The maximum absolute atomic E-state index is 4.32. The van der Waals surface area contributed by atoms with Crippen LogP contribution in [0.5, 0.6) is 0 Å². The minimum Gasteiger partial charge on any atom is -0.238 e. The number of aryl methyl sites for hydroxylation is 1. The summed E-state index contributed by atoms with van der Waals surface area (Å²) in [4.78, 5) is 8.64. The molecular formula is C9H10N2. The molecule has 0 aliphatic carbocycles. The largest absolute Gasteiger partial charge is 0.238 e. The van der Waals surface area contributed by atoms with Gasteiger partial charge in [0.1, 0.15) is 0 Å². The SMILES string of the molecule is CC1=Nc2nc(C)ccc2C1. The molecule has 2 heterocycles. The average Bonchev–Trinajstić information content (AvgIpc) is 2.27. The van der Waals surface area contributed by atoms with Crippen molar-refractivity contribution in [2.75, 3.05) is 0 Å². The minimum absolute atomic E-state index is 0.919. The molecule has 0 N–H and O–H groups in total. The predicted octanol–water partition coefficient (Wildman–Crippen LogP) is 2.04. The van der Waals surface area contributed by atoms with Gasteiger partial charge in [-0.25, -0.2) is 9.98 Å². The molecule has 0 unspecified atom stereocenters. The molecule has 1 aliphatic rings. The van der Waals surface area contributed by atoms with E-state index in [1.165, 1.54) is 5.56 Å². The Morgan fingerprint density at radius 3 is 2.91 bits per heavy atom. The first-order valence-electron chi connectivity index (χ1n) is 3.76. The van der Waals surface area contributed by atoms with Gasteiger partial charge in [-0.2, -0.15) is 0 Å². The van der Waals surface area contributed by atoms with Crippen molar-refractivity contribution in [3.8, 4) is 0 Å². The highest BCUT2D eigenvalue weighted by Crippen LogP contribution is 2.23. The van der Waals surface area contributed by atoms with Gasteiger partial charge in [0, 0.05) is 23.4 Å². The molecule has 2 rings (SSSR count). The van der Waals surface area contributed by atoms with E-state index in [1.807, 2.05) is 19.9 Å². The molecule has 0 atom stereocenters. The quantitative estimate of drug-likeness (QED) is 0.549. The Kier molecular flexibility index (Phi) is 1.28. The first kappa shape index (κ1) is 6.53. The van der Waals surface area contributed by atoms with E-state index in [0.29, 0.717) is 0 Å². The van der Waals surface area contributed by atoms with Gasteiger partial charge in [0.25, 0.3) is 0 Å². The van der Waals surface area contributed by atoms with E-state index in [-0.39, 0.29) is 0 Å². The zero-order valence-electron chi connectivity index (χ0n) is 6.76. The molecule has 0 saturated carbocycles. The number of fused-ring (bicyclic) bond motifs is 1. The molecule has 2 nitrogen and oxygen atoms in total. The maximum atomic E-state index is 4.32. The summed E-state index contributed by atoms with van der Waals surface area (Å²) in [5.74, 6) is 0.919. The molecule has 0 radical (unpaired) electrons. The van der Waals surface area contributed by atoms with Gasteiger partial charge < -0.3 is 0 Å². The Morgan fingerprint density at radius 1 is 1.27 bits per heavy atom. The van der Waals surface area contributed by atoms with Gasteiger partial charge in [0.15, 0.2) is 5.82 Å². The summed E-state index contributed by atoms with van der Waals surface area (Å²) in [6.07, 6.45) is 0.975. The van der Waals surface area contributed by atoms with Crippen LogP contribution >= 0.6 is 0 Å². The molecular weight excluding hydrogens is 136 g/mol. The maximum Gasteiger partial charge on any atom is 0.155 e. The third-order valence-electron chi connectivity index (χ3n) is 1.84. The lowest BCUT2D eigenvalue weighted by Crippen LogP contribution is -1.88. The first-order valence-corrected chi connectivity index (χ1v) is 3.76. The monoisotopic (exact) mass is 146 g/mol. The van der Waals surface area contributed by atoms with Crippen LogP contribution in [0.25, 0.3) is 0 Å². The van der Waals surface area contributed by atoms with E-state index in [2.05, 4.69) is 16.0 Å². The van der Waals surface area contributed by atoms with Gasteiger partial charge in [-0.15, -0.1) is 0 Å². The van der Waals surface area contributed by atoms with E-state index in [0.717, 1.165) is 23.6 Å². The van der Waals surface area contributed by atoms with Crippen molar-refractivity contribution in [3.63, 3.8) is 0 Å². The van der Waals surface area contributed by atoms with E-state index in [1.54, 1.807) is 0 Å². The lowest BCUT2D eigenvalue weighted by atomic mass is 10.2. The highest BCUT2D eigenvalue weighted by molar-refractivity contribution is 5.91. The van der Waals surface area contributed by atoms with Gasteiger partial charge >= 0.3 is 0 Å². The fourth-order valence-corrected chi connectivity index (χ4v) is 1.30. The molecule has 11 heavy (non-hydrogen) atoms. The standard InChI is InChI=1S/C9H10N2/c1-6-3-4-8-5-7(2)11-9(8)10-6/h3-4H,5H2,1-2H3. The van der Waals surface area contributed by atoms with Gasteiger partial charge in [0.05, 0.1) is 0 Å². The van der Waals surface area contributed by atoms with Gasteiger partial charge in [-0.3, -0.25) is 0 Å². The van der Waals surface area contributed by atoms with Crippen LogP contribution in [0, 0.1) is 6.92 Å². The van der Waals surface area contributed by atoms with Crippen molar-refractivity contribution in [1.29, 1.82) is 0 Å². The highest BCUT2D eigenvalue weighted by atomic mass is 14.9.